The lowest BCUT2D eigenvalue weighted by Crippen LogP contribution is -2.62. The van der Waals surface area contributed by atoms with E-state index < -0.39 is 168 Å². The standard InChI is InChI=1S/C50H73F6N3O20S4/c1-46(27-73-28-46)29-77-44(62)36-6-3-2-5-35(36)43(61)75-15-16-78-82(68,69)57-80(64,65)50(55,56)40(52)10-13-76-45(63)48-22-30-17-31(23-48)21-47(20-30,26-48)41-24-59(11-14-74-41)42(60)25-72-12-9-39(51)49(53,54)81(66,67)58-83(70,71)79-38-19-32-18-37(38)34-8-4-7-33(32)34/h30-41,57-58H,2-29H2,1H3. The first-order valence-corrected chi connectivity index (χ1v) is 34.1. The van der Waals surface area contributed by atoms with Crippen LogP contribution in [0.15, 0.2) is 0 Å². The summed E-state index contributed by atoms with van der Waals surface area (Å²) in [5.74, 6) is -4.22. The van der Waals surface area contributed by atoms with Gasteiger partial charge in [0.1, 0.15) is 26.4 Å². The molecule has 2 aliphatic heterocycles. The zero-order valence-electron chi connectivity index (χ0n) is 45.7. The van der Waals surface area contributed by atoms with Crippen molar-refractivity contribution in [2.45, 2.75) is 151 Å². The molecule has 2 saturated heterocycles. The highest BCUT2D eigenvalue weighted by atomic mass is 32.3. The van der Waals surface area contributed by atoms with Crippen LogP contribution in [0, 0.1) is 63.6 Å². The number of nitrogens with one attached hydrogen (secondary N) is 2. The second-order valence-corrected chi connectivity index (χ2v) is 31.6. The molecule has 10 aliphatic rings. The Bertz CT molecular complexity index is 2870. The highest BCUT2D eigenvalue weighted by Crippen LogP contribution is 2.67. The predicted molar refractivity (Wildman–Crippen MR) is 273 cm³/mol. The fraction of sp³-hybridized carbons (Fsp3) is 0.920. The minimum Gasteiger partial charge on any atom is -0.465 e. The Morgan fingerprint density at radius 1 is 0.687 bits per heavy atom. The highest BCUT2D eigenvalue weighted by molar-refractivity contribution is 8.03. The number of esters is 3. The van der Waals surface area contributed by atoms with Gasteiger partial charge in [0, 0.05) is 31.3 Å². The van der Waals surface area contributed by atoms with E-state index in [2.05, 4.69) is 4.18 Å². The van der Waals surface area contributed by atoms with Gasteiger partial charge >= 0.3 is 49.0 Å². The number of nitrogens with zero attached hydrogens (tertiary/aromatic N) is 1. The molecule has 6 bridgehead atoms. The van der Waals surface area contributed by atoms with Crippen LogP contribution in [0.4, 0.5) is 26.3 Å². The number of amides is 1. The first-order valence-electron chi connectivity index (χ1n) is 28.3. The zero-order chi connectivity index (χ0) is 60.2. The van der Waals surface area contributed by atoms with Crippen LogP contribution in [0.1, 0.15) is 116 Å². The largest absolute Gasteiger partial charge is 0.465 e. The number of alkyl halides is 6. The Morgan fingerprint density at radius 3 is 1.92 bits per heavy atom. The Balaban J connectivity index is 0.696. The van der Waals surface area contributed by atoms with E-state index in [4.69, 9.17) is 32.6 Å². The molecule has 0 aromatic carbocycles. The lowest BCUT2D eigenvalue weighted by atomic mass is 9.43. The molecule has 474 valence electrons. The lowest BCUT2D eigenvalue weighted by Gasteiger charge is -2.63. The zero-order valence-corrected chi connectivity index (χ0v) is 49.0. The molecule has 0 spiro atoms. The van der Waals surface area contributed by atoms with Crippen LogP contribution in [-0.4, -0.2) is 170 Å². The first kappa shape index (κ1) is 64.5. The molecule has 83 heavy (non-hydrogen) atoms. The summed E-state index contributed by atoms with van der Waals surface area (Å²) in [6, 6.07) is 0. The molecule has 12 atom stereocenters. The summed E-state index contributed by atoms with van der Waals surface area (Å²) in [5.41, 5.74) is -2.26. The Hall–Kier alpha value is -3.02. The van der Waals surface area contributed by atoms with E-state index in [-0.39, 0.29) is 74.1 Å². The molecular formula is C50H73F6N3O20S4. The van der Waals surface area contributed by atoms with Crippen molar-refractivity contribution in [2.75, 3.05) is 72.6 Å². The van der Waals surface area contributed by atoms with Gasteiger partial charge in [0.25, 0.3) is 20.0 Å². The van der Waals surface area contributed by atoms with Crippen molar-refractivity contribution in [3.05, 3.63) is 0 Å². The molecule has 8 aliphatic carbocycles. The van der Waals surface area contributed by atoms with Crippen molar-refractivity contribution < 1.29 is 116 Å². The monoisotopic (exact) mass is 1280 g/mol. The Labute approximate surface area is 478 Å². The fourth-order valence-electron chi connectivity index (χ4n) is 15.4. The maximum absolute atomic E-state index is 15.2. The molecule has 23 nitrogen and oxygen atoms in total. The smallest absolute Gasteiger partial charge is 0.390 e. The van der Waals surface area contributed by atoms with Crippen LogP contribution in [-0.2, 0) is 96.6 Å². The number of hydrogen-bond donors (Lipinski definition) is 2. The summed E-state index contributed by atoms with van der Waals surface area (Å²) >= 11 is 0. The number of rotatable bonds is 28. The molecule has 2 N–H and O–H groups in total. The highest BCUT2D eigenvalue weighted by Gasteiger charge is 2.65. The summed E-state index contributed by atoms with van der Waals surface area (Å²) < 4.78 is 234. The van der Waals surface area contributed by atoms with E-state index in [0.717, 1.165) is 29.8 Å². The number of carbonyl (C=O) groups is 4. The third-order valence-corrected chi connectivity index (χ3v) is 25.2. The van der Waals surface area contributed by atoms with Crippen molar-refractivity contribution in [2.24, 2.45) is 63.6 Å². The minimum atomic E-state index is -6.38. The van der Waals surface area contributed by atoms with Crippen LogP contribution in [0.3, 0.4) is 0 Å². The number of ether oxygens (including phenoxy) is 6. The van der Waals surface area contributed by atoms with Crippen molar-refractivity contribution in [3.8, 4) is 0 Å². The van der Waals surface area contributed by atoms with Crippen molar-refractivity contribution in [1.29, 1.82) is 0 Å². The van der Waals surface area contributed by atoms with E-state index in [1.54, 1.807) is 0 Å². The summed E-state index contributed by atoms with van der Waals surface area (Å²) in [6.07, 6.45) is -2.90. The van der Waals surface area contributed by atoms with Gasteiger partial charge < -0.3 is 33.3 Å². The topological polar surface area (TPSA) is 306 Å². The van der Waals surface area contributed by atoms with Gasteiger partial charge in [0.05, 0.1) is 62.5 Å². The molecule has 10 rings (SSSR count). The van der Waals surface area contributed by atoms with Crippen LogP contribution < -0.4 is 8.25 Å². The van der Waals surface area contributed by atoms with Gasteiger partial charge in [-0.2, -0.15) is 34.4 Å². The molecule has 2 heterocycles. The third-order valence-electron chi connectivity index (χ3n) is 18.9. The summed E-state index contributed by atoms with van der Waals surface area (Å²) in [4.78, 5) is 54.3. The van der Waals surface area contributed by atoms with Gasteiger partial charge in [-0.3, -0.25) is 27.5 Å². The van der Waals surface area contributed by atoms with E-state index in [0.29, 0.717) is 81.0 Å². The van der Waals surface area contributed by atoms with Gasteiger partial charge in [-0.15, -0.1) is 0 Å². The Kier molecular flexibility index (Phi) is 19.0. The molecule has 0 aromatic heterocycles. The summed E-state index contributed by atoms with van der Waals surface area (Å²) in [6.45, 7) is -1.70. The molecule has 10 fully saturated rings. The third kappa shape index (κ3) is 13.8. The first-order chi connectivity index (χ1) is 38.8. The van der Waals surface area contributed by atoms with Gasteiger partial charge in [-0.05, 0) is 118 Å². The molecular weight excluding hydrogens is 1200 g/mol. The van der Waals surface area contributed by atoms with Crippen LogP contribution >= 0.6 is 0 Å². The van der Waals surface area contributed by atoms with Gasteiger partial charge in [-0.1, -0.05) is 34.4 Å². The quantitative estimate of drug-likeness (QED) is 0.0482. The number of hydrogen-bond acceptors (Lipinski definition) is 20. The molecule has 1 amide bonds. The van der Waals surface area contributed by atoms with E-state index >= 15 is 22.0 Å². The number of carbonyl (C=O) groups excluding carboxylic acids is 4. The van der Waals surface area contributed by atoms with Crippen LogP contribution in [0.2, 0.25) is 0 Å². The van der Waals surface area contributed by atoms with Crippen molar-refractivity contribution >= 4 is 64.5 Å². The number of morpholine rings is 1. The SMILES string of the molecule is CC1(COC(=O)C2CCCCC2C(=O)OCCOS(=O)(=O)NS(=O)(=O)C(F)(F)C(F)CCOC(=O)C23CC4CC(C2)CC(C2CN(C(=O)COCCC(F)C(F)(F)S(=O)(=O)NS(=O)(=O)OC5CC6CC5C5CCCC65)CCO2)(C4)C3)COC1. The molecule has 0 radical (unpaired) electrons. The predicted octanol–water partition coefficient (Wildman–Crippen LogP) is 4.12. The lowest BCUT2D eigenvalue weighted by molar-refractivity contribution is -0.209. The average molecular weight is 1280 g/mol. The van der Waals surface area contributed by atoms with Gasteiger partial charge in [0.15, 0.2) is 12.3 Å². The molecule has 12 unspecified atom stereocenters. The van der Waals surface area contributed by atoms with Gasteiger partial charge in [0.2, 0.25) is 5.91 Å². The minimum absolute atomic E-state index is 0.0209. The van der Waals surface area contributed by atoms with E-state index in [9.17, 15) is 57.2 Å². The second-order valence-electron chi connectivity index (χ2n) is 24.9. The Morgan fingerprint density at radius 2 is 1.29 bits per heavy atom. The number of halogens is 6. The van der Waals surface area contributed by atoms with Crippen LogP contribution in [0.5, 0.6) is 0 Å². The normalized spacial score (nSPS) is 33.9. The van der Waals surface area contributed by atoms with E-state index in [1.165, 1.54) is 4.90 Å². The molecule has 0 aromatic rings. The summed E-state index contributed by atoms with van der Waals surface area (Å²) in [7, 11) is -23.4. The fourth-order valence-corrected chi connectivity index (χ4v) is 20.5. The van der Waals surface area contributed by atoms with Crippen molar-refractivity contribution in [3.63, 3.8) is 0 Å². The summed E-state index contributed by atoms with van der Waals surface area (Å²) in [5, 5.41) is -10.7. The van der Waals surface area contributed by atoms with E-state index in [1.807, 2.05) is 6.92 Å². The molecule has 8 saturated carbocycles. The van der Waals surface area contributed by atoms with Gasteiger partial charge in [-0.25, -0.2) is 25.6 Å². The maximum atomic E-state index is 15.2. The number of sulfonamides is 2. The second kappa shape index (κ2) is 24.5. The number of fused-ring (bicyclic) bond motifs is 5. The maximum Gasteiger partial charge on any atom is 0.390 e. The van der Waals surface area contributed by atoms with Crippen molar-refractivity contribution in [1.82, 2.24) is 13.2 Å². The average Bonchev–Trinajstić information content (AvgIpc) is 1.61. The van der Waals surface area contributed by atoms with Crippen LogP contribution in [0.25, 0.3) is 0 Å². The molecule has 33 heteroatoms.